The lowest BCUT2D eigenvalue weighted by Gasteiger charge is -2.34. The Hall–Kier alpha value is -2.73. The third-order valence-corrected chi connectivity index (χ3v) is 5.64. The standard InChI is InChI=1S/C24H25ClN4O/c25-23-22(7-4-12-26-23)24(30)27-21-10-8-20(9-11-21)18-29-15-13-28(14-16-29)17-19-5-2-1-3-6-19/h1-12H,13-18H2,(H,27,30). The van der Waals surface area contributed by atoms with Gasteiger partial charge in [-0.2, -0.15) is 0 Å². The number of rotatable bonds is 6. The van der Waals surface area contributed by atoms with Gasteiger partial charge in [-0.1, -0.05) is 54.1 Å². The Morgan fingerprint density at radius 2 is 1.43 bits per heavy atom. The average molecular weight is 421 g/mol. The van der Waals surface area contributed by atoms with Crippen LogP contribution in [0, 0.1) is 0 Å². The fourth-order valence-electron chi connectivity index (χ4n) is 3.65. The summed E-state index contributed by atoms with van der Waals surface area (Å²) in [4.78, 5) is 21.3. The van der Waals surface area contributed by atoms with Crippen LogP contribution in [-0.4, -0.2) is 46.9 Å². The van der Waals surface area contributed by atoms with Crippen molar-refractivity contribution in [1.29, 1.82) is 0 Å². The molecule has 0 spiro atoms. The number of anilines is 1. The van der Waals surface area contributed by atoms with Crippen molar-refractivity contribution < 1.29 is 4.79 Å². The van der Waals surface area contributed by atoms with E-state index < -0.39 is 0 Å². The zero-order valence-electron chi connectivity index (χ0n) is 16.8. The molecule has 2 heterocycles. The summed E-state index contributed by atoms with van der Waals surface area (Å²) >= 11 is 5.99. The van der Waals surface area contributed by atoms with Crippen LogP contribution in [0.2, 0.25) is 5.15 Å². The summed E-state index contributed by atoms with van der Waals surface area (Å²) in [5.74, 6) is -0.254. The van der Waals surface area contributed by atoms with Crippen molar-refractivity contribution in [2.45, 2.75) is 13.1 Å². The lowest BCUT2D eigenvalue weighted by Crippen LogP contribution is -2.45. The molecule has 0 bridgehead atoms. The van der Waals surface area contributed by atoms with E-state index in [2.05, 4.69) is 62.6 Å². The Bertz CT molecular complexity index is 970. The van der Waals surface area contributed by atoms with Gasteiger partial charge in [0.15, 0.2) is 0 Å². The molecule has 2 aromatic carbocycles. The first kappa shape index (κ1) is 20.5. The zero-order valence-corrected chi connectivity index (χ0v) is 17.6. The van der Waals surface area contributed by atoms with Crippen LogP contribution in [-0.2, 0) is 13.1 Å². The van der Waals surface area contributed by atoms with Gasteiger partial charge < -0.3 is 5.32 Å². The first-order valence-electron chi connectivity index (χ1n) is 10.2. The molecule has 0 radical (unpaired) electrons. The molecule has 30 heavy (non-hydrogen) atoms. The summed E-state index contributed by atoms with van der Waals surface area (Å²) in [5.41, 5.74) is 3.73. The van der Waals surface area contributed by atoms with Gasteiger partial charge in [-0.3, -0.25) is 14.6 Å². The van der Waals surface area contributed by atoms with E-state index in [9.17, 15) is 4.79 Å². The lowest BCUT2D eigenvalue weighted by atomic mass is 10.1. The van der Waals surface area contributed by atoms with Crippen LogP contribution in [0.15, 0.2) is 72.9 Å². The highest BCUT2D eigenvalue weighted by Crippen LogP contribution is 2.17. The Kier molecular flexibility index (Phi) is 6.74. The predicted molar refractivity (Wildman–Crippen MR) is 121 cm³/mol. The van der Waals surface area contributed by atoms with Gasteiger partial charge in [0, 0.05) is 51.2 Å². The molecule has 1 fully saturated rings. The van der Waals surface area contributed by atoms with E-state index in [4.69, 9.17) is 11.6 Å². The van der Waals surface area contributed by atoms with Crippen LogP contribution in [0.3, 0.4) is 0 Å². The van der Waals surface area contributed by atoms with Gasteiger partial charge >= 0.3 is 0 Å². The number of hydrogen-bond acceptors (Lipinski definition) is 4. The molecule has 1 saturated heterocycles. The van der Waals surface area contributed by atoms with Crippen LogP contribution < -0.4 is 5.32 Å². The van der Waals surface area contributed by atoms with E-state index in [-0.39, 0.29) is 11.1 Å². The van der Waals surface area contributed by atoms with E-state index in [0.717, 1.165) is 45.0 Å². The quantitative estimate of drug-likeness (QED) is 0.604. The second-order valence-electron chi connectivity index (χ2n) is 7.53. The van der Waals surface area contributed by atoms with E-state index >= 15 is 0 Å². The Morgan fingerprint density at radius 1 is 0.833 bits per heavy atom. The van der Waals surface area contributed by atoms with Crippen molar-refractivity contribution >= 4 is 23.2 Å². The number of nitrogens with zero attached hydrogens (tertiary/aromatic N) is 3. The summed E-state index contributed by atoms with van der Waals surface area (Å²) < 4.78 is 0. The molecule has 1 aliphatic heterocycles. The Morgan fingerprint density at radius 3 is 2.03 bits per heavy atom. The van der Waals surface area contributed by atoms with Crippen molar-refractivity contribution in [3.63, 3.8) is 0 Å². The molecule has 0 aliphatic carbocycles. The summed E-state index contributed by atoms with van der Waals surface area (Å²) in [6.07, 6.45) is 1.56. The van der Waals surface area contributed by atoms with E-state index in [0.29, 0.717) is 5.56 Å². The van der Waals surface area contributed by atoms with Crippen LogP contribution >= 0.6 is 11.6 Å². The molecule has 5 nitrogen and oxygen atoms in total. The third-order valence-electron chi connectivity index (χ3n) is 5.34. The third kappa shape index (κ3) is 5.45. The van der Waals surface area contributed by atoms with Crippen molar-refractivity contribution in [2.75, 3.05) is 31.5 Å². The first-order valence-corrected chi connectivity index (χ1v) is 10.5. The number of halogens is 1. The number of nitrogens with one attached hydrogen (secondary N) is 1. The van der Waals surface area contributed by atoms with Crippen molar-refractivity contribution in [3.8, 4) is 0 Å². The molecule has 1 aliphatic rings. The van der Waals surface area contributed by atoms with E-state index in [1.807, 2.05) is 12.1 Å². The number of carbonyl (C=O) groups excluding carboxylic acids is 1. The minimum absolute atomic E-state index is 0.207. The highest BCUT2D eigenvalue weighted by Gasteiger charge is 2.17. The normalized spacial score (nSPS) is 15.1. The van der Waals surface area contributed by atoms with E-state index in [1.165, 1.54) is 11.1 Å². The maximum absolute atomic E-state index is 12.4. The smallest absolute Gasteiger partial charge is 0.258 e. The van der Waals surface area contributed by atoms with E-state index in [1.54, 1.807) is 18.3 Å². The second-order valence-corrected chi connectivity index (χ2v) is 7.89. The molecule has 1 amide bonds. The fourth-order valence-corrected chi connectivity index (χ4v) is 3.86. The molecule has 6 heteroatoms. The first-order chi connectivity index (χ1) is 14.7. The molecule has 1 aromatic heterocycles. The van der Waals surface area contributed by atoms with Gasteiger partial charge in [0.25, 0.3) is 5.91 Å². The summed E-state index contributed by atoms with van der Waals surface area (Å²) in [6, 6.07) is 22.0. The van der Waals surface area contributed by atoms with Crippen molar-refractivity contribution in [3.05, 3.63) is 94.8 Å². The number of aromatic nitrogens is 1. The molecule has 3 aromatic rings. The van der Waals surface area contributed by atoms with Crippen molar-refractivity contribution in [2.24, 2.45) is 0 Å². The van der Waals surface area contributed by atoms with Gasteiger partial charge in [-0.15, -0.1) is 0 Å². The summed E-state index contributed by atoms with van der Waals surface area (Å²) in [7, 11) is 0. The second kappa shape index (κ2) is 9.85. The van der Waals surface area contributed by atoms with Gasteiger partial charge in [0.05, 0.1) is 5.56 Å². The molecule has 0 saturated carbocycles. The SMILES string of the molecule is O=C(Nc1ccc(CN2CCN(Cc3ccccc3)CC2)cc1)c1cccnc1Cl. The molecular formula is C24H25ClN4O. The topological polar surface area (TPSA) is 48.5 Å². The molecule has 0 atom stereocenters. The molecular weight excluding hydrogens is 396 g/mol. The minimum atomic E-state index is -0.254. The number of hydrogen-bond donors (Lipinski definition) is 1. The molecule has 0 unspecified atom stereocenters. The fraction of sp³-hybridized carbons (Fsp3) is 0.250. The molecule has 154 valence electrons. The van der Waals surface area contributed by atoms with Crippen LogP contribution in [0.4, 0.5) is 5.69 Å². The highest BCUT2D eigenvalue weighted by atomic mass is 35.5. The maximum Gasteiger partial charge on any atom is 0.258 e. The molecule has 4 rings (SSSR count). The van der Waals surface area contributed by atoms with Gasteiger partial charge in [-0.05, 0) is 35.4 Å². The van der Waals surface area contributed by atoms with Crippen LogP contribution in [0.25, 0.3) is 0 Å². The number of benzene rings is 2. The number of piperazine rings is 1. The summed E-state index contributed by atoms with van der Waals surface area (Å²) in [6.45, 7) is 6.21. The maximum atomic E-state index is 12.4. The average Bonchev–Trinajstić information content (AvgIpc) is 2.77. The number of amides is 1. The Labute approximate surface area is 182 Å². The predicted octanol–water partition coefficient (Wildman–Crippen LogP) is 4.31. The van der Waals surface area contributed by atoms with Crippen LogP contribution in [0.1, 0.15) is 21.5 Å². The van der Waals surface area contributed by atoms with Gasteiger partial charge in [-0.25, -0.2) is 4.98 Å². The Balaban J connectivity index is 1.26. The minimum Gasteiger partial charge on any atom is -0.322 e. The van der Waals surface area contributed by atoms with Crippen LogP contribution in [0.5, 0.6) is 0 Å². The summed E-state index contributed by atoms with van der Waals surface area (Å²) in [5, 5.41) is 3.08. The number of carbonyl (C=O) groups is 1. The monoisotopic (exact) mass is 420 g/mol. The highest BCUT2D eigenvalue weighted by molar-refractivity contribution is 6.33. The lowest BCUT2D eigenvalue weighted by molar-refractivity contribution is 0.102. The van der Waals surface area contributed by atoms with Gasteiger partial charge in [0.2, 0.25) is 0 Å². The van der Waals surface area contributed by atoms with Gasteiger partial charge in [0.1, 0.15) is 5.15 Å². The zero-order chi connectivity index (χ0) is 20.8. The number of pyridine rings is 1. The van der Waals surface area contributed by atoms with Crippen molar-refractivity contribution in [1.82, 2.24) is 14.8 Å². The largest absolute Gasteiger partial charge is 0.322 e. The molecule has 1 N–H and O–H groups in total.